The van der Waals surface area contributed by atoms with Crippen LogP contribution in [-0.2, 0) is 0 Å². The Kier molecular flexibility index (Phi) is 5.16. The van der Waals surface area contributed by atoms with Crippen LogP contribution in [0.1, 0.15) is 10.4 Å². The molecule has 2 heterocycles. The van der Waals surface area contributed by atoms with Crippen molar-refractivity contribution in [3.05, 3.63) is 59.1 Å². The van der Waals surface area contributed by atoms with Gasteiger partial charge in [0.05, 0.1) is 7.11 Å². The minimum Gasteiger partial charge on any atom is -0.497 e. The summed E-state index contributed by atoms with van der Waals surface area (Å²) in [7, 11) is 1.59. The molecule has 4 rings (SSSR count). The van der Waals surface area contributed by atoms with Crippen molar-refractivity contribution in [2.24, 2.45) is 0 Å². The fourth-order valence-corrected chi connectivity index (χ4v) is 3.32. The number of carbonyl (C=O) groups is 1. The molecular weight excluding hydrogens is 380 g/mol. The molecule has 1 saturated heterocycles. The predicted molar refractivity (Wildman–Crippen MR) is 106 cm³/mol. The number of methoxy groups -OCH3 is 1. The summed E-state index contributed by atoms with van der Waals surface area (Å²) in [5, 5.41) is 4.66. The Morgan fingerprint density at radius 3 is 2.64 bits per heavy atom. The lowest BCUT2D eigenvalue weighted by molar-refractivity contribution is 0.0744. The van der Waals surface area contributed by atoms with Gasteiger partial charge in [-0.1, -0.05) is 35.0 Å². The molecule has 1 aliphatic rings. The molecule has 0 N–H and O–H groups in total. The van der Waals surface area contributed by atoms with Crippen molar-refractivity contribution in [2.75, 3.05) is 38.2 Å². The standard InChI is InChI=1S/C20H19ClN4O3/c1-27-17-7-3-5-15(13-17)19(26)24-8-10-25(11-9-24)20-22-18(23-28-20)14-4-2-6-16(21)12-14/h2-7,12-13H,8-11H2,1H3. The lowest BCUT2D eigenvalue weighted by Crippen LogP contribution is -2.48. The maximum absolute atomic E-state index is 12.7. The molecular formula is C20H19ClN4O3. The third kappa shape index (κ3) is 3.80. The number of benzene rings is 2. The van der Waals surface area contributed by atoms with Crippen LogP contribution in [0.3, 0.4) is 0 Å². The van der Waals surface area contributed by atoms with E-state index in [2.05, 4.69) is 10.1 Å². The highest BCUT2D eigenvalue weighted by atomic mass is 35.5. The van der Waals surface area contributed by atoms with E-state index in [9.17, 15) is 4.79 Å². The zero-order valence-electron chi connectivity index (χ0n) is 15.3. The SMILES string of the molecule is COc1cccc(C(=O)N2CCN(c3nc(-c4cccc(Cl)c4)no3)CC2)c1. The van der Waals surface area contributed by atoms with Gasteiger partial charge >= 0.3 is 6.01 Å². The van der Waals surface area contributed by atoms with Crippen LogP contribution in [0.5, 0.6) is 5.75 Å². The quantitative estimate of drug-likeness (QED) is 0.671. The van der Waals surface area contributed by atoms with E-state index in [0.29, 0.717) is 54.4 Å². The highest BCUT2D eigenvalue weighted by molar-refractivity contribution is 6.30. The second kappa shape index (κ2) is 7.90. The van der Waals surface area contributed by atoms with Crippen LogP contribution < -0.4 is 9.64 Å². The predicted octanol–water partition coefficient (Wildman–Crippen LogP) is 3.36. The zero-order valence-corrected chi connectivity index (χ0v) is 16.1. The number of hydrogen-bond acceptors (Lipinski definition) is 6. The first-order valence-electron chi connectivity index (χ1n) is 8.92. The second-order valence-electron chi connectivity index (χ2n) is 6.42. The van der Waals surface area contributed by atoms with Crippen LogP contribution in [0.4, 0.5) is 6.01 Å². The number of piperazine rings is 1. The summed E-state index contributed by atoms with van der Waals surface area (Å²) in [5.74, 6) is 1.15. The van der Waals surface area contributed by atoms with E-state index in [1.165, 1.54) is 0 Å². The molecule has 7 nitrogen and oxygen atoms in total. The van der Waals surface area contributed by atoms with Crippen molar-refractivity contribution < 1.29 is 14.1 Å². The Hall–Kier alpha value is -3.06. The Bertz CT molecular complexity index is 983. The number of amides is 1. The Balaban J connectivity index is 1.41. The van der Waals surface area contributed by atoms with Gasteiger partial charge in [0, 0.05) is 42.3 Å². The summed E-state index contributed by atoms with van der Waals surface area (Å²) in [6, 6.07) is 15.0. The zero-order chi connectivity index (χ0) is 19.5. The van der Waals surface area contributed by atoms with Gasteiger partial charge in [-0.25, -0.2) is 0 Å². The van der Waals surface area contributed by atoms with E-state index >= 15 is 0 Å². The highest BCUT2D eigenvalue weighted by Crippen LogP contribution is 2.23. The van der Waals surface area contributed by atoms with Gasteiger partial charge in [0.25, 0.3) is 5.91 Å². The molecule has 0 atom stereocenters. The smallest absolute Gasteiger partial charge is 0.324 e. The van der Waals surface area contributed by atoms with Gasteiger partial charge in [-0.15, -0.1) is 0 Å². The van der Waals surface area contributed by atoms with Crippen molar-refractivity contribution in [1.29, 1.82) is 0 Å². The van der Waals surface area contributed by atoms with Crippen molar-refractivity contribution in [3.8, 4) is 17.1 Å². The van der Waals surface area contributed by atoms with Crippen molar-refractivity contribution in [3.63, 3.8) is 0 Å². The van der Waals surface area contributed by atoms with Gasteiger partial charge in [-0.05, 0) is 30.3 Å². The maximum atomic E-state index is 12.7. The highest BCUT2D eigenvalue weighted by Gasteiger charge is 2.25. The van der Waals surface area contributed by atoms with Crippen LogP contribution >= 0.6 is 11.6 Å². The number of nitrogens with zero attached hydrogens (tertiary/aromatic N) is 4. The summed E-state index contributed by atoms with van der Waals surface area (Å²) in [4.78, 5) is 21.0. The molecule has 3 aromatic rings. The average molecular weight is 399 g/mol. The molecule has 0 spiro atoms. The summed E-state index contributed by atoms with van der Waals surface area (Å²) >= 11 is 6.02. The normalized spacial score (nSPS) is 14.2. The number of carbonyl (C=O) groups excluding carboxylic acids is 1. The van der Waals surface area contributed by atoms with Crippen molar-refractivity contribution in [2.45, 2.75) is 0 Å². The number of rotatable bonds is 4. The van der Waals surface area contributed by atoms with Gasteiger partial charge in [0.1, 0.15) is 5.75 Å². The first-order valence-corrected chi connectivity index (χ1v) is 9.30. The van der Waals surface area contributed by atoms with E-state index in [-0.39, 0.29) is 5.91 Å². The molecule has 0 bridgehead atoms. The monoisotopic (exact) mass is 398 g/mol. The Morgan fingerprint density at radius 1 is 1.11 bits per heavy atom. The van der Waals surface area contributed by atoms with E-state index in [1.54, 1.807) is 31.4 Å². The first-order chi connectivity index (χ1) is 13.6. The number of halogens is 1. The van der Waals surface area contributed by atoms with E-state index < -0.39 is 0 Å². The van der Waals surface area contributed by atoms with Crippen LogP contribution in [0.2, 0.25) is 5.02 Å². The molecule has 1 aliphatic heterocycles. The molecule has 0 aliphatic carbocycles. The second-order valence-corrected chi connectivity index (χ2v) is 6.86. The molecule has 144 valence electrons. The number of ether oxygens (including phenoxy) is 1. The molecule has 28 heavy (non-hydrogen) atoms. The van der Waals surface area contributed by atoms with Gasteiger partial charge in [-0.3, -0.25) is 4.79 Å². The molecule has 1 aromatic heterocycles. The van der Waals surface area contributed by atoms with Crippen LogP contribution in [-0.4, -0.2) is 54.2 Å². The molecule has 0 saturated carbocycles. The topological polar surface area (TPSA) is 71.7 Å². The lowest BCUT2D eigenvalue weighted by Gasteiger charge is -2.33. The summed E-state index contributed by atoms with van der Waals surface area (Å²) in [5.41, 5.74) is 1.42. The average Bonchev–Trinajstić information content (AvgIpc) is 3.24. The third-order valence-corrected chi connectivity index (χ3v) is 4.89. The molecule has 2 aromatic carbocycles. The first kappa shape index (κ1) is 18.3. The largest absolute Gasteiger partial charge is 0.497 e. The van der Waals surface area contributed by atoms with Gasteiger partial charge in [0.2, 0.25) is 5.82 Å². The van der Waals surface area contributed by atoms with Crippen molar-refractivity contribution >= 4 is 23.5 Å². The van der Waals surface area contributed by atoms with E-state index in [0.717, 1.165) is 5.56 Å². The summed E-state index contributed by atoms with van der Waals surface area (Å²) in [6.07, 6.45) is 0. The molecule has 0 radical (unpaired) electrons. The van der Waals surface area contributed by atoms with Crippen LogP contribution in [0, 0.1) is 0 Å². The van der Waals surface area contributed by atoms with E-state index in [1.807, 2.05) is 34.1 Å². The summed E-state index contributed by atoms with van der Waals surface area (Å²) < 4.78 is 10.6. The number of aromatic nitrogens is 2. The minimum absolute atomic E-state index is 0.0105. The fourth-order valence-electron chi connectivity index (χ4n) is 3.13. The number of anilines is 1. The van der Waals surface area contributed by atoms with Gasteiger partial charge in [0.15, 0.2) is 0 Å². The fraction of sp³-hybridized carbons (Fsp3) is 0.250. The maximum Gasteiger partial charge on any atom is 0.324 e. The molecule has 1 fully saturated rings. The van der Waals surface area contributed by atoms with Gasteiger partial charge < -0.3 is 19.1 Å². The lowest BCUT2D eigenvalue weighted by atomic mass is 10.1. The Morgan fingerprint density at radius 2 is 1.89 bits per heavy atom. The number of hydrogen-bond donors (Lipinski definition) is 0. The molecule has 1 amide bonds. The summed E-state index contributed by atoms with van der Waals surface area (Å²) in [6.45, 7) is 2.38. The van der Waals surface area contributed by atoms with Crippen molar-refractivity contribution in [1.82, 2.24) is 15.0 Å². The third-order valence-electron chi connectivity index (χ3n) is 4.65. The molecule has 8 heteroatoms. The van der Waals surface area contributed by atoms with Gasteiger partial charge in [-0.2, -0.15) is 4.98 Å². The van der Waals surface area contributed by atoms with E-state index in [4.69, 9.17) is 20.9 Å². The van der Waals surface area contributed by atoms with Crippen LogP contribution in [0.25, 0.3) is 11.4 Å². The molecule has 0 unspecified atom stereocenters. The minimum atomic E-state index is -0.0105. The Labute approximate surface area is 167 Å². The van der Waals surface area contributed by atoms with Crippen LogP contribution in [0.15, 0.2) is 53.1 Å².